The summed E-state index contributed by atoms with van der Waals surface area (Å²) in [5.41, 5.74) is -0.951. The molecule has 3 unspecified atom stereocenters. The number of hydrogen-bond acceptors (Lipinski definition) is 4. The number of halogens is 3. The zero-order valence-electron chi connectivity index (χ0n) is 13.4. The second kappa shape index (κ2) is 6.92. The number of hydrogen-bond donors (Lipinski definition) is 2. The maximum atomic E-state index is 12.9. The van der Waals surface area contributed by atoms with Crippen LogP contribution in [0.1, 0.15) is 36.8 Å². The summed E-state index contributed by atoms with van der Waals surface area (Å²) in [5.74, 6) is -0.0521. The van der Waals surface area contributed by atoms with Crippen LogP contribution in [0.25, 0.3) is 0 Å². The predicted molar refractivity (Wildman–Crippen MR) is 83.7 cm³/mol. The van der Waals surface area contributed by atoms with Gasteiger partial charge in [0.25, 0.3) is 0 Å². The Morgan fingerprint density at radius 3 is 2.76 bits per heavy atom. The van der Waals surface area contributed by atoms with E-state index in [4.69, 9.17) is 10.00 Å². The normalized spacial score (nSPS) is 26.8. The fraction of sp³-hybridized carbons (Fsp3) is 0.529. The summed E-state index contributed by atoms with van der Waals surface area (Å²) in [6, 6.07) is 4.62. The van der Waals surface area contributed by atoms with Crippen LogP contribution in [0.15, 0.2) is 18.2 Å². The summed E-state index contributed by atoms with van der Waals surface area (Å²) in [5, 5.41) is 15.1. The molecule has 2 saturated heterocycles. The lowest BCUT2D eigenvalue weighted by molar-refractivity contribution is -0.137. The molecule has 0 radical (unpaired) electrons. The molecule has 0 bridgehead atoms. The lowest BCUT2D eigenvalue weighted by atomic mass is 9.92. The van der Waals surface area contributed by atoms with E-state index >= 15 is 0 Å². The molecule has 1 aromatic rings. The van der Waals surface area contributed by atoms with Gasteiger partial charge in [0, 0.05) is 24.8 Å². The van der Waals surface area contributed by atoms with Gasteiger partial charge >= 0.3 is 6.18 Å². The summed E-state index contributed by atoms with van der Waals surface area (Å²) in [4.78, 5) is 11.7. The molecule has 0 spiro atoms. The monoisotopic (exact) mass is 353 g/mol. The first-order valence-corrected chi connectivity index (χ1v) is 8.17. The quantitative estimate of drug-likeness (QED) is 0.876. The second-order valence-corrected chi connectivity index (χ2v) is 6.30. The van der Waals surface area contributed by atoms with Gasteiger partial charge in [0.2, 0.25) is 5.91 Å². The van der Waals surface area contributed by atoms with E-state index in [1.54, 1.807) is 6.07 Å². The van der Waals surface area contributed by atoms with E-state index in [0.717, 1.165) is 18.9 Å². The highest BCUT2D eigenvalue weighted by Gasteiger charge is 2.37. The molecule has 3 atom stereocenters. The fourth-order valence-electron chi connectivity index (χ4n) is 3.41. The molecule has 5 nitrogen and oxygen atoms in total. The third-order valence-electron chi connectivity index (χ3n) is 4.61. The Labute approximate surface area is 143 Å². The first-order valence-electron chi connectivity index (χ1n) is 8.17. The van der Waals surface area contributed by atoms with Crippen LogP contribution in [0.2, 0.25) is 0 Å². The third-order valence-corrected chi connectivity index (χ3v) is 4.61. The van der Waals surface area contributed by atoms with Crippen molar-refractivity contribution in [1.29, 1.82) is 5.26 Å². The number of nitriles is 1. The Kier molecular flexibility index (Phi) is 4.86. The molecule has 0 aliphatic carbocycles. The minimum Gasteiger partial charge on any atom is -0.380 e. The number of nitrogens with zero attached hydrogens (tertiary/aromatic N) is 1. The van der Waals surface area contributed by atoms with Crippen LogP contribution < -0.4 is 10.6 Å². The topological polar surface area (TPSA) is 74.2 Å². The lowest BCUT2D eigenvalue weighted by Crippen LogP contribution is -2.56. The Morgan fingerprint density at radius 2 is 2.12 bits per heavy atom. The van der Waals surface area contributed by atoms with Crippen LogP contribution in [0.3, 0.4) is 0 Å². The largest absolute Gasteiger partial charge is 0.417 e. The van der Waals surface area contributed by atoms with Crippen molar-refractivity contribution in [3.05, 3.63) is 29.3 Å². The average Bonchev–Trinajstić information content (AvgIpc) is 3.09. The van der Waals surface area contributed by atoms with Crippen molar-refractivity contribution in [2.24, 2.45) is 0 Å². The average molecular weight is 353 g/mol. The molecule has 2 N–H and O–H groups in total. The second-order valence-electron chi connectivity index (χ2n) is 6.30. The number of amides is 1. The van der Waals surface area contributed by atoms with Crippen molar-refractivity contribution >= 4 is 11.6 Å². The van der Waals surface area contributed by atoms with Gasteiger partial charge in [0.15, 0.2) is 0 Å². The van der Waals surface area contributed by atoms with Crippen LogP contribution in [-0.2, 0) is 15.7 Å². The molecule has 2 heterocycles. The zero-order valence-corrected chi connectivity index (χ0v) is 13.4. The molecular weight excluding hydrogens is 335 g/mol. The molecule has 0 aromatic heterocycles. The van der Waals surface area contributed by atoms with E-state index in [1.807, 2.05) is 0 Å². The van der Waals surface area contributed by atoms with E-state index in [9.17, 15) is 18.0 Å². The number of piperidine rings is 1. The van der Waals surface area contributed by atoms with Gasteiger partial charge in [-0.3, -0.25) is 4.79 Å². The Hall–Kier alpha value is -2.27. The highest BCUT2D eigenvalue weighted by Crippen LogP contribution is 2.33. The highest BCUT2D eigenvalue weighted by molar-refractivity contribution is 5.77. The first kappa shape index (κ1) is 17.5. The van der Waals surface area contributed by atoms with E-state index in [-0.39, 0.29) is 24.1 Å². The molecule has 1 aromatic carbocycles. The van der Waals surface area contributed by atoms with Gasteiger partial charge in [-0.15, -0.1) is 0 Å². The molecule has 2 aliphatic rings. The number of carbonyl (C=O) groups is 1. The third kappa shape index (κ3) is 3.87. The van der Waals surface area contributed by atoms with Crippen LogP contribution >= 0.6 is 0 Å². The minimum absolute atomic E-state index is 0.0521. The SMILES string of the molecule is N#Cc1cc(NC2CCC(=O)NC2C2CCCO2)ccc1C(F)(F)F. The van der Waals surface area contributed by atoms with Gasteiger partial charge in [-0.1, -0.05) is 0 Å². The number of ether oxygens (including phenoxy) is 1. The molecule has 2 fully saturated rings. The van der Waals surface area contributed by atoms with Crippen molar-refractivity contribution in [1.82, 2.24) is 5.32 Å². The molecule has 0 saturated carbocycles. The van der Waals surface area contributed by atoms with Crippen LogP contribution in [0, 0.1) is 11.3 Å². The Morgan fingerprint density at radius 1 is 1.32 bits per heavy atom. The van der Waals surface area contributed by atoms with E-state index in [2.05, 4.69) is 10.6 Å². The van der Waals surface area contributed by atoms with Crippen LogP contribution in [0.4, 0.5) is 18.9 Å². The highest BCUT2D eigenvalue weighted by atomic mass is 19.4. The van der Waals surface area contributed by atoms with E-state index in [1.165, 1.54) is 12.1 Å². The van der Waals surface area contributed by atoms with Crippen molar-refractivity contribution in [3.8, 4) is 6.07 Å². The van der Waals surface area contributed by atoms with Crippen molar-refractivity contribution in [2.75, 3.05) is 11.9 Å². The molecule has 8 heteroatoms. The summed E-state index contributed by atoms with van der Waals surface area (Å²) in [7, 11) is 0. The number of anilines is 1. The van der Waals surface area contributed by atoms with E-state index in [0.29, 0.717) is 25.1 Å². The molecule has 3 rings (SSSR count). The maximum absolute atomic E-state index is 12.9. The molecule has 2 aliphatic heterocycles. The molecule has 25 heavy (non-hydrogen) atoms. The van der Waals surface area contributed by atoms with Gasteiger partial charge in [-0.2, -0.15) is 18.4 Å². The Balaban J connectivity index is 1.80. The van der Waals surface area contributed by atoms with Gasteiger partial charge in [0.1, 0.15) is 0 Å². The summed E-state index contributed by atoms with van der Waals surface area (Å²) in [6.07, 6.45) is -2.02. The Bertz CT molecular complexity index is 693. The zero-order chi connectivity index (χ0) is 18.0. The first-order chi connectivity index (χ1) is 11.9. The number of nitrogens with one attached hydrogen (secondary N) is 2. The van der Waals surface area contributed by atoms with Gasteiger partial charge in [-0.05, 0) is 37.5 Å². The standard InChI is InChI=1S/C17H18F3N3O2/c18-17(19,20)12-4-3-11(8-10(12)9-21)22-13-5-6-15(24)23-16(13)14-2-1-7-25-14/h3-4,8,13-14,16,22H,1-2,5-7H2,(H,23,24). The van der Waals surface area contributed by atoms with Gasteiger partial charge in [-0.25, -0.2) is 0 Å². The van der Waals surface area contributed by atoms with Crippen molar-refractivity contribution in [2.45, 2.75) is 50.0 Å². The fourth-order valence-corrected chi connectivity index (χ4v) is 3.41. The van der Waals surface area contributed by atoms with Crippen LogP contribution in [-0.4, -0.2) is 30.7 Å². The number of alkyl halides is 3. The number of benzene rings is 1. The molecular formula is C17H18F3N3O2. The number of carbonyl (C=O) groups excluding carboxylic acids is 1. The number of rotatable bonds is 3. The summed E-state index contributed by atoms with van der Waals surface area (Å²) >= 11 is 0. The summed E-state index contributed by atoms with van der Waals surface area (Å²) < 4.78 is 44.4. The molecule has 134 valence electrons. The van der Waals surface area contributed by atoms with Crippen LogP contribution in [0.5, 0.6) is 0 Å². The lowest BCUT2D eigenvalue weighted by Gasteiger charge is -2.36. The van der Waals surface area contributed by atoms with Gasteiger partial charge in [0.05, 0.1) is 29.3 Å². The maximum Gasteiger partial charge on any atom is 0.417 e. The summed E-state index contributed by atoms with van der Waals surface area (Å²) in [6.45, 7) is 0.641. The molecule has 1 amide bonds. The van der Waals surface area contributed by atoms with Gasteiger partial charge < -0.3 is 15.4 Å². The van der Waals surface area contributed by atoms with E-state index < -0.39 is 17.3 Å². The van der Waals surface area contributed by atoms with Crippen molar-refractivity contribution < 1.29 is 22.7 Å². The van der Waals surface area contributed by atoms with Crippen molar-refractivity contribution in [3.63, 3.8) is 0 Å². The smallest absolute Gasteiger partial charge is 0.380 e. The minimum atomic E-state index is -4.57. The predicted octanol–water partition coefficient (Wildman–Crippen LogP) is 2.82.